The van der Waals surface area contributed by atoms with Crippen molar-refractivity contribution in [1.29, 1.82) is 0 Å². The Morgan fingerprint density at radius 2 is 1.87 bits per heavy atom. The molecule has 0 spiro atoms. The molecule has 2 aromatic carbocycles. The van der Waals surface area contributed by atoms with Gasteiger partial charge in [-0.15, -0.1) is 11.3 Å². The van der Waals surface area contributed by atoms with E-state index in [0.717, 1.165) is 6.42 Å². The summed E-state index contributed by atoms with van der Waals surface area (Å²) in [6, 6.07) is 13.0. The quantitative estimate of drug-likeness (QED) is 0.499. The van der Waals surface area contributed by atoms with E-state index in [1.54, 1.807) is 42.5 Å². The third-order valence-corrected chi connectivity index (χ3v) is 6.28. The van der Waals surface area contributed by atoms with Gasteiger partial charge in [0, 0.05) is 35.3 Å². The zero-order valence-electron chi connectivity index (χ0n) is 16.3. The highest BCUT2D eigenvalue weighted by Gasteiger charge is 2.25. The molecule has 30 heavy (non-hydrogen) atoms. The lowest BCUT2D eigenvalue weighted by Gasteiger charge is -2.28. The molecule has 4 rings (SSSR count). The molecular formula is C22H19N3O4S. The van der Waals surface area contributed by atoms with Crippen LogP contribution in [0.3, 0.4) is 0 Å². The molecule has 0 atom stereocenters. The number of carbonyl (C=O) groups is 2. The number of nitrogens with zero attached hydrogens (tertiary/aromatic N) is 2. The van der Waals surface area contributed by atoms with E-state index >= 15 is 0 Å². The van der Waals surface area contributed by atoms with Crippen LogP contribution in [0.1, 0.15) is 36.7 Å². The van der Waals surface area contributed by atoms with Crippen molar-refractivity contribution in [2.45, 2.75) is 19.9 Å². The van der Waals surface area contributed by atoms with Gasteiger partial charge in [-0.05, 0) is 54.1 Å². The van der Waals surface area contributed by atoms with E-state index in [4.69, 9.17) is 0 Å². The first-order valence-electron chi connectivity index (χ1n) is 9.44. The second kappa shape index (κ2) is 8.08. The maximum atomic E-state index is 13.1. The monoisotopic (exact) mass is 421 g/mol. The van der Waals surface area contributed by atoms with E-state index in [0.29, 0.717) is 29.9 Å². The van der Waals surface area contributed by atoms with Gasteiger partial charge in [0.25, 0.3) is 17.5 Å². The second-order valence-corrected chi connectivity index (χ2v) is 8.05. The van der Waals surface area contributed by atoms with E-state index in [1.165, 1.54) is 28.6 Å². The van der Waals surface area contributed by atoms with Crippen molar-refractivity contribution >= 4 is 34.5 Å². The van der Waals surface area contributed by atoms with Crippen LogP contribution in [0.15, 0.2) is 53.9 Å². The molecule has 2 heterocycles. The molecule has 2 amide bonds. The Morgan fingerprint density at radius 3 is 2.67 bits per heavy atom. The molecule has 0 unspecified atom stereocenters. The molecule has 1 N–H and O–H groups in total. The minimum atomic E-state index is -0.587. The summed E-state index contributed by atoms with van der Waals surface area (Å²) in [6.45, 7) is 2.99. The molecule has 0 fully saturated rings. The predicted molar refractivity (Wildman–Crippen MR) is 115 cm³/mol. The zero-order chi connectivity index (χ0) is 21.3. The van der Waals surface area contributed by atoms with Crippen LogP contribution < -0.4 is 5.32 Å². The molecule has 0 saturated carbocycles. The Bertz CT molecular complexity index is 1150. The molecule has 1 aliphatic heterocycles. The normalized spacial score (nSPS) is 12.9. The van der Waals surface area contributed by atoms with Crippen molar-refractivity contribution in [3.63, 3.8) is 0 Å². The maximum Gasteiger partial charge on any atom is 0.282 e. The predicted octanol–water partition coefficient (Wildman–Crippen LogP) is 4.42. The smallest absolute Gasteiger partial charge is 0.282 e. The Kier molecular flexibility index (Phi) is 5.33. The number of hydrogen-bond acceptors (Lipinski definition) is 5. The maximum absolute atomic E-state index is 13.1. The number of amides is 2. The van der Waals surface area contributed by atoms with Crippen LogP contribution in [0, 0.1) is 17.0 Å². The van der Waals surface area contributed by atoms with Crippen LogP contribution in [0.2, 0.25) is 0 Å². The molecule has 152 valence electrons. The van der Waals surface area contributed by atoms with Gasteiger partial charge >= 0.3 is 0 Å². The fraction of sp³-hybridized carbons (Fsp3) is 0.182. The number of nitro groups is 1. The SMILES string of the molecule is Cc1c(NC(=O)c2ccccc2[N+](=O)[O-])cccc1C(=O)N1CCc2sccc2C1. The lowest BCUT2D eigenvalue weighted by molar-refractivity contribution is -0.385. The van der Waals surface area contributed by atoms with E-state index < -0.39 is 10.8 Å². The second-order valence-electron chi connectivity index (χ2n) is 7.05. The van der Waals surface area contributed by atoms with Crippen molar-refractivity contribution < 1.29 is 14.5 Å². The average molecular weight is 421 g/mol. The summed E-state index contributed by atoms with van der Waals surface area (Å²) < 4.78 is 0. The number of nitrogens with one attached hydrogen (secondary N) is 1. The van der Waals surface area contributed by atoms with Gasteiger partial charge in [-0.1, -0.05) is 18.2 Å². The summed E-state index contributed by atoms with van der Waals surface area (Å²) in [5.74, 6) is -0.679. The third kappa shape index (κ3) is 3.69. The number of thiophene rings is 1. The molecule has 1 aliphatic rings. The van der Waals surface area contributed by atoms with Gasteiger partial charge in [0.2, 0.25) is 0 Å². The number of hydrogen-bond donors (Lipinski definition) is 1. The van der Waals surface area contributed by atoms with Gasteiger partial charge in [-0.25, -0.2) is 0 Å². The minimum absolute atomic E-state index is 0.0281. The Morgan fingerprint density at radius 1 is 1.10 bits per heavy atom. The van der Waals surface area contributed by atoms with Crippen LogP contribution in [0.4, 0.5) is 11.4 Å². The first kappa shape index (κ1) is 19.8. The Hall–Kier alpha value is -3.52. The summed E-state index contributed by atoms with van der Waals surface area (Å²) in [5, 5.41) is 16.0. The van der Waals surface area contributed by atoms with Crippen molar-refractivity contribution in [3.8, 4) is 0 Å². The number of carbonyl (C=O) groups excluding carboxylic acids is 2. The van der Waals surface area contributed by atoms with Gasteiger partial charge in [-0.3, -0.25) is 19.7 Å². The van der Waals surface area contributed by atoms with Crippen LogP contribution in [0.5, 0.6) is 0 Å². The number of para-hydroxylation sites is 1. The molecule has 1 aromatic heterocycles. The van der Waals surface area contributed by atoms with Crippen LogP contribution >= 0.6 is 11.3 Å². The van der Waals surface area contributed by atoms with Crippen LogP contribution in [-0.4, -0.2) is 28.2 Å². The first-order valence-corrected chi connectivity index (χ1v) is 10.3. The topological polar surface area (TPSA) is 92.5 Å². The van der Waals surface area contributed by atoms with Crippen LogP contribution in [0.25, 0.3) is 0 Å². The van der Waals surface area contributed by atoms with E-state index in [9.17, 15) is 19.7 Å². The van der Waals surface area contributed by atoms with Gasteiger partial charge in [0.05, 0.1) is 4.92 Å². The molecule has 0 radical (unpaired) electrons. The summed E-state index contributed by atoms with van der Waals surface area (Å²) in [5.41, 5.74) is 2.48. The minimum Gasteiger partial charge on any atom is -0.334 e. The summed E-state index contributed by atoms with van der Waals surface area (Å²) in [4.78, 5) is 39.6. The van der Waals surface area contributed by atoms with Crippen molar-refractivity contribution in [2.24, 2.45) is 0 Å². The Labute approximate surface area is 177 Å². The third-order valence-electron chi connectivity index (χ3n) is 5.25. The zero-order valence-corrected chi connectivity index (χ0v) is 17.1. The summed E-state index contributed by atoms with van der Waals surface area (Å²) in [6.07, 6.45) is 0.839. The Balaban J connectivity index is 1.57. The first-order chi connectivity index (χ1) is 14.5. The highest BCUT2D eigenvalue weighted by Crippen LogP contribution is 2.27. The molecule has 0 bridgehead atoms. The van der Waals surface area contributed by atoms with Gasteiger partial charge < -0.3 is 10.2 Å². The highest BCUT2D eigenvalue weighted by molar-refractivity contribution is 7.10. The molecular weight excluding hydrogens is 402 g/mol. The van der Waals surface area contributed by atoms with Crippen molar-refractivity contribution in [1.82, 2.24) is 4.90 Å². The number of anilines is 1. The largest absolute Gasteiger partial charge is 0.334 e. The molecule has 8 heteroatoms. The fourth-order valence-electron chi connectivity index (χ4n) is 3.61. The number of benzene rings is 2. The number of fused-ring (bicyclic) bond motifs is 1. The van der Waals surface area contributed by atoms with Crippen molar-refractivity contribution in [3.05, 3.63) is 91.2 Å². The molecule has 7 nitrogen and oxygen atoms in total. The lowest BCUT2D eigenvalue weighted by Crippen LogP contribution is -2.35. The standard InChI is InChI=1S/C22H19N3O4S/c1-14-16(22(27)24-11-9-20-15(13-24)10-12-30-20)6-4-7-18(14)23-21(26)17-5-2-3-8-19(17)25(28)29/h2-8,10,12H,9,11,13H2,1H3,(H,23,26). The molecule has 0 saturated heterocycles. The number of nitro benzene ring substituents is 1. The lowest BCUT2D eigenvalue weighted by atomic mass is 10.0. The van der Waals surface area contributed by atoms with Gasteiger partial charge in [0.15, 0.2) is 0 Å². The highest BCUT2D eigenvalue weighted by atomic mass is 32.1. The molecule has 0 aliphatic carbocycles. The summed E-state index contributed by atoms with van der Waals surface area (Å²) >= 11 is 1.72. The molecule has 3 aromatic rings. The van der Waals surface area contributed by atoms with E-state index in [1.807, 2.05) is 10.3 Å². The van der Waals surface area contributed by atoms with Crippen LogP contribution in [-0.2, 0) is 13.0 Å². The van der Waals surface area contributed by atoms with E-state index in [-0.39, 0.29) is 17.2 Å². The number of rotatable bonds is 4. The van der Waals surface area contributed by atoms with Crippen molar-refractivity contribution in [2.75, 3.05) is 11.9 Å². The summed E-state index contributed by atoms with van der Waals surface area (Å²) in [7, 11) is 0. The van der Waals surface area contributed by atoms with Gasteiger partial charge in [0.1, 0.15) is 5.56 Å². The average Bonchev–Trinajstić information content (AvgIpc) is 3.22. The fourth-order valence-corrected chi connectivity index (χ4v) is 4.50. The van der Waals surface area contributed by atoms with E-state index in [2.05, 4.69) is 11.4 Å². The van der Waals surface area contributed by atoms with Gasteiger partial charge in [-0.2, -0.15) is 0 Å².